The van der Waals surface area contributed by atoms with Gasteiger partial charge >= 0.3 is 6.68 Å². The molecule has 0 spiro atoms. The van der Waals surface area contributed by atoms with Crippen LogP contribution in [0.5, 0.6) is 0 Å². The zero-order valence-corrected chi connectivity index (χ0v) is 18.4. The lowest BCUT2D eigenvalue weighted by Gasteiger charge is -2.20. The van der Waals surface area contributed by atoms with E-state index in [-0.39, 0.29) is 10.9 Å². The Morgan fingerprint density at radius 1 is 0.633 bits per heavy atom. The molecule has 4 rings (SSSR count). The number of hydrogen-bond donors (Lipinski definition) is 0. The Bertz CT molecular complexity index is 806. The van der Waals surface area contributed by atoms with Crippen LogP contribution in [0.3, 0.4) is 0 Å². The van der Waals surface area contributed by atoms with E-state index in [0.717, 1.165) is 5.25 Å². The van der Waals surface area contributed by atoms with E-state index in [9.17, 15) is 13.2 Å². The first-order valence-electron chi connectivity index (χ1n) is 10.2. The van der Waals surface area contributed by atoms with Crippen molar-refractivity contribution in [2.75, 3.05) is 0 Å². The summed E-state index contributed by atoms with van der Waals surface area (Å²) < 4.78 is 29.0. The Hall–Kier alpha value is -1.85. The summed E-state index contributed by atoms with van der Waals surface area (Å²) in [5.74, 6) is 0. The van der Waals surface area contributed by atoms with Gasteiger partial charge in [-0.25, -0.2) is 0 Å². The largest absolute Gasteiger partial charge is 0.379 e. The van der Waals surface area contributed by atoms with Crippen molar-refractivity contribution in [3.8, 4) is 0 Å². The summed E-state index contributed by atoms with van der Waals surface area (Å²) in [6.45, 7) is -3.67. The summed E-state index contributed by atoms with van der Waals surface area (Å²) in [6.07, 6.45) is 6.99. The molecule has 0 radical (unpaired) electrons. The minimum Gasteiger partial charge on any atom is -0.174 e. The van der Waals surface area contributed by atoms with Gasteiger partial charge in [-0.05, 0) is 61.4 Å². The molecular formula is C25H26F3S2+. The molecule has 1 fully saturated rings. The molecule has 0 aromatic heterocycles. The van der Waals surface area contributed by atoms with E-state index in [4.69, 9.17) is 0 Å². The van der Waals surface area contributed by atoms with Crippen LogP contribution in [0, 0.1) is 0 Å². The fraction of sp³-hybridized carbons (Fsp3) is 0.280. The molecule has 1 saturated carbocycles. The van der Waals surface area contributed by atoms with Crippen molar-refractivity contribution in [2.24, 2.45) is 0 Å². The highest BCUT2D eigenvalue weighted by atomic mass is 32.2. The topological polar surface area (TPSA) is 0 Å². The van der Waals surface area contributed by atoms with Crippen molar-refractivity contribution in [2.45, 2.75) is 63.6 Å². The number of hydrogen-bond acceptors (Lipinski definition) is 1. The highest BCUT2D eigenvalue weighted by Crippen LogP contribution is 2.36. The van der Waals surface area contributed by atoms with Crippen LogP contribution in [0.2, 0.25) is 0 Å². The van der Waals surface area contributed by atoms with Gasteiger partial charge in [0.15, 0.2) is 14.7 Å². The lowest BCUT2D eigenvalue weighted by atomic mass is 10.0. The van der Waals surface area contributed by atoms with Crippen molar-refractivity contribution in [3.63, 3.8) is 0 Å². The molecule has 0 heterocycles. The summed E-state index contributed by atoms with van der Waals surface area (Å²) in [5.41, 5.74) is 0. The predicted octanol–water partition coefficient (Wildman–Crippen LogP) is 8.39. The van der Waals surface area contributed by atoms with Gasteiger partial charge in [0.05, 0.1) is 10.9 Å². The van der Waals surface area contributed by atoms with Crippen LogP contribution in [0.25, 0.3) is 0 Å². The lowest BCUT2D eigenvalue weighted by molar-refractivity contribution is 0.00819. The molecule has 3 aromatic rings. The third kappa shape index (κ3) is 7.13. The number of benzene rings is 3. The highest BCUT2D eigenvalue weighted by molar-refractivity contribution is 8.00. The maximum Gasteiger partial charge on any atom is 0.379 e. The van der Waals surface area contributed by atoms with Crippen molar-refractivity contribution in [3.05, 3.63) is 84.9 Å². The average molecular weight is 448 g/mol. The molecule has 0 nitrogen and oxygen atoms in total. The first kappa shape index (κ1) is 22.8. The molecule has 0 N–H and O–H groups in total. The molecule has 0 aliphatic heterocycles. The van der Waals surface area contributed by atoms with Crippen LogP contribution in [-0.2, 0) is 10.9 Å². The molecule has 1 aliphatic carbocycles. The van der Waals surface area contributed by atoms with E-state index in [1.165, 1.54) is 51.7 Å². The van der Waals surface area contributed by atoms with Crippen LogP contribution in [0.4, 0.5) is 13.2 Å². The van der Waals surface area contributed by atoms with Crippen LogP contribution in [0.1, 0.15) is 32.1 Å². The van der Waals surface area contributed by atoms with Crippen molar-refractivity contribution in [1.29, 1.82) is 0 Å². The predicted molar refractivity (Wildman–Crippen MR) is 121 cm³/mol. The highest BCUT2D eigenvalue weighted by Gasteiger charge is 2.28. The monoisotopic (exact) mass is 447 g/mol. The number of alkyl halides is 3. The molecule has 158 valence electrons. The Balaban J connectivity index is 0.000000589. The van der Waals surface area contributed by atoms with Gasteiger partial charge in [-0.1, -0.05) is 55.7 Å². The van der Waals surface area contributed by atoms with Gasteiger partial charge in [0.1, 0.15) is 0 Å². The fourth-order valence-electron chi connectivity index (χ4n) is 3.55. The molecule has 1 aliphatic rings. The molecule has 5 heteroatoms. The van der Waals surface area contributed by atoms with Crippen LogP contribution >= 0.6 is 11.8 Å². The second-order valence-corrected chi connectivity index (χ2v) is 10.4. The van der Waals surface area contributed by atoms with Crippen molar-refractivity contribution >= 4 is 22.7 Å². The molecule has 0 amide bonds. The average Bonchev–Trinajstić information content (AvgIpc) is 2.77. The van der Waals surface area contributed by atoms with Crippen molar-refractivity contribution in [1.82, 2.24) is 0 Å². The number of halogens is 3. The molecule has 0 atom stereocenters. The number of thioether (sulfide) groups is 1. The summed E-state index contributed by atoms with van der Waals surface area (Å²) in [6, 6.07) is 31.1. The van der Waals surface area contributed by atoms with Crippen LogP contribution < -0.4 is 0 Å². The Morgan fingerprint density at radius 3 is 1.53 bits per heavy atom. The minimum atomic E-state index is -3.67. The molecule has 0 bridgehead atoms. The zero-order chi connectivity index (χ0) is 21.2. The van der Waals surface area contributed by atoms with Gasteiger partial charge in [0, 0.05) is 10.1 Å². The first-order chi connectivity index (χ1) is 14.6. The van der Waals surface area contributed by atoms with E-state index in [0.29, 0.717) is 0 Å². The van der Waals surface area contributed by atoms with Gasteiger partial charge in [-0.3, -0.25) is 0 Å². The van der Waals surface area contributed by atoms with E-state index in [1.54, 1.807) is 0 Å². The molecule has 30 heavy (non-hydrogen) atoms. The summed E-state index contributed by atoms with van der Waals surface area (Å²) in [5, 5.41) is 0.816. The quantitative estimate of drug-likeness (QED) is 0.354. The standard InChI is InChI=1S/C24H25S2.CHF3/c1-4-10-20(11-5-1)25-21-16-18-24(19-17-21)26(22-12-6-2-7-13-22)23-14-8-3-9-15-23;2-1(3)4/h2-3,6-9,12-20H,1,4-5,10-11H2;1H/q+1;. The summed E-state index contributed by atoms with van der Waals surface area (Å²) >= 11 is 2.08. The van der Waals surface area contributed by atoms with Gasteiger partial charge < -0.3 is 0 Å². The third-order valence-corrected chi connectivity index (χ3v) is 8.45. The second-order valence-electron chi connectivity index (χ2n) is 7.03. The number of rotatable bonds is 5. The first-order valence-corrected chi connectivity index (χ1v) is 12.3. The molecular weight excluding hydrogens is 421 g/mol. The zero-order valence-electron chi connectivity index (χ0n) is 16.7. The Kier molecular flexibility index (Phi) is 9.22. The lowest BCUT2D eigenvalue weighted by Crippen LogP contribution is -2.08. The normalized spacial score (nSPS) is 14.4. The van der Waals surface area contributed by atoms with Gasteiger partial charge in [0.2, 0.25) is 0 Å². The van der Waals surface area contributed by atoms with Crippen LogP contribution in [-0.4, -0.2) is 11.9 Å². The van der Waals surface area contributed by atoms with Crippen molar-refractivity contribution < 1.29 is 13.2 Å². The molecule has 0 unspecified atom stereocenters. The van der Waals surface area contributed by atoms with Crippen LogP contribution in [0.15, 0.2) is 105 Å². The Labute approximate surface area is 184 Å². The second kappa shape index (κ2) is 12.1. The molecule has 3 aromatic carbocycles. The van der Waals surface area contributed by atoms with E-state index >= 15 is 0 Å². The van der Waals surface area contributed by atoms with E-state index in [1.807, 2.05) is 0 Å². The third-order valence-electron chi connectivity index (χ3n) is 4.87. The fourth-order valence-corrected chi connectivity index (χ4v) is 6.88. The summed E-state index contributed by atoms with van der Waals surface area (Å²) in [4.78, 5) is 5.58. The summed E-state index contributed by atoms with van der Waals surface area (Å²) in [7, 11) is -0.0389. The molecule has 0 saturated heterocycles. The smallest absolute Gasteiger partial charge is 0.174 e. The van der Waals surface area contributed by atoms with E-state index in [2.05, 4.69) is 96.7 Å². The maximum absolute atomic E-state index is 9.67. The SMILES string of the molecule is FC(F)F.c1ccc([S+](c2ccccc2)c2ccc(SC3CCCCC3)cc2)cc1. The van der Waals surface area contributed by atoms with Gasteiger partial charge in [0.25, 0.3) is 0 Å². The Morgan fingerprint density at radius 2 is 1.07 bits per heavy atom. The maximum atomic E-state index is 9.67. The minimum absolute atomic E-state index is 0.0389. The van der Waals surface area contributed by atoms with Gasteiger partial charge in [-0.15, -0.1) is 11.8 Å². The van der Waals surface area contributed by atoms with Gasteiger partial charge in [-0.2, -0.15) is 13.2 Å². The van der Waals surface area contributed by atoms with E-state index < -0.39 is 6.68 Å².